The summed E-state index contributed by atoms with van der Waals surface area (Å²) in [7, 11) is 0. The van der Waals surface area contributed by atoms with Gasteiger partial charge in [-0.1, -0.05) is 49.7 Å². The lowest BCUT2D eigenvalue weighted by molar-refractivity contribution is -0.129. The standard InChI is InChI=1S/C28H31Cl2NO3/c1-16(2)26-24(31-27(33-26)22-11-10-21(29)15-23(22)30)12-8-17(3)20-9-13-25(18(4)14-20)34-28(6,7)19(5)32/h9-11,13-16H,3,8,12H2,1-2,4-7H3. The smallest absolute Gasteiger partial charge is 0.228 e. The quantitative estimate of drug-likeness (QED) is 0.296. The lowest BCUT2D eigenvalue weighted by atomic mass is 9.98. The third-order valence-electron chi connectivity index (χ3n) is 5.87. The van der Waals surface area contributed by atoms with Crippen molar-refractivity contribution in [1.29, 1.82) is 0 Å². The molecule has 3 aromatic rings. The summed E-state index contributed by atoms with van der Waals surface area (Å²) < 4.78 is 12.1. The van der Waals surface area contributed by atoms with Crippen LogP contribution < -0.4 is 4.74 Å². The summed E-state index contributed by atoms with van der Waals surface area (Å²) in [4.78, 5) is 16.6. The van der Waals surface area contributed by atoms with E-state index in [4.69, 9.17) is 37.3 Å². The van der Waals surface area contributed by atoms with E-state index in [0.29, 0.717) is 28.1 Å². The van der Waals surface area contributed by atoms with E-state index in [1.165, 1.54) is 6.92 Å². The van der Waals surface area contributed by atoms with Gasteiger partial charge < -0.3 is 9.15 Å². The molecule has 0 spiro atoms. The van der Waals surface area contributed by atoms with Gasteiger partial charge in [-0.05, 0) is 87.6 Å². The summed E-state index contributed by atoms with van der Waals surface area (Å²) in [6, 6.07) is 11.2. The zero-order chi connectivity index (χ0) is 25.2. The molecule has 0 atom stereocenters. The molecule has 6 heteroatoms. The average molecular weight is 500 g/mol. The van der Waals surface area contributed by atoms with E-state index < -0.39 is 5.60 Å². The van der Waals surface area contributed by atoms with Gasteiger partial charge in [0.1, 0.15) is 11.5 Å². The van der Waals surface area contributed by atoms with Crippen LogP contribution >= 0.6 is 23.2 Å². The predicted octanol–water partition coefficient (Wildman–Crippen LogP) is 8.47. The Bertz CT molecular complexity index is 1220. The maximum Gasteiger partial charge on any atom is 0.228 e. The van der Waals surface area contributed by atoms with Crippen molar-refractivity contribution in [2.24, 2.45) is 0 Å². The normalized spacial score (nSPS) is 11.7. The molecule has 0 aliphatic carbocycles. The van der Waals surface area contributed by atoms with Crippen LogP contribution in [0.3, 0.4) is 0 Å². The number of carbonyl (C=O) groups excluding carboxylic acids is 1. The number of hydrogen-bond donors (Lipinski definition) is 0. The zero-order valence-corrected chi connectivity index (χ0v) is 22.1. The first-order chi connectivity index (χ1) is 15.9. The molecule has 0 unspecified atom stereocenters. The van der Waals surface area contributed by atoms with Crippen LogP contribution in [0.2, 0.25) is 10.0 Å². The minimum Gasteiger partial charge on any atom is -0.480 e. The number of Topliss-reactive ketones (excluding diaryl/α,β-unsaturated/α-hetero) is 1. The van der Waals surface area contributed by atoms with Gasteiger partial charge in [0, 0.05) is 10.9 Å². The molecule has 1 heterocycles. The van der Waals surface area contributed by atoms with E-state index in [-0.39, 0.29) is 11.7 Å². The van der Waals surface area contributed by atoms with Crippen LogP contribution in [0.25, 0.3) is 17.0 Å². The Balaban J connectivity index is 1.77. The summed E-state index contributed by atoms with van der Waals surface area (Å²) in [5.41, 5.74) is 3.73. The first-order valence-electron chi connectivity index (χ1n) is 11.3. The molecule has 1 aromatic heterocycles. The fourth-order valence-corrected chi connectivity index (χ4v) is 4.01. The number of allylic oxidation sites excluding steroid dienone is 1. The number of aryl methyl sites for hydroxylation is 2. The fraction of sp³-hybridized carbons (Fsp3) is 0.357. The lowest BCUT2D eigenvalue weighted by Gasteiger charge is -2.24. The third-order valence-corrected chi connectivity index (χ3v) is 6.42. The number of hydrogen-bond acceptors (Lipinski definition) is 4. The molecule has 0 bridgehead atoms. The van der Waals surface area contributed by atoms with Crippen LogP contribution in [0.1, 0.15) is 69.5 Å². The van der Waals surface area contributed by atoms with Gasteiger partial charge in [0.15, 0.2) is 11.4 Å². The molecule has 2 aromatic carbocycles. The second-order valence-electron chi connectivity index (χ2n) is 9.36. The Morgan fingerprint density at radius 3 is 2.47 bits per heavy atom. The van der Waals surface area contributed by atoms with E-state index in [1.54, 1.807) is 26.0 Å². The number of carbonyl (C=O) groups is 1. The van der Waals surface area contributed by atoms with Crippen molar-refractivity contribution in [3.63, 3.8) is 0 Å². The van der Waals surface area contributed by atoms with Crippen molar-refractivity contribution in [1.82, 2.24) is 4.98 Å². The Morgan fingerprint density at radius 2 is 1.88 bits per heavy atom. The highest BCUT2D eigenvalue weighted by molar-refractivity contribution is 6.36. The van der Waals surface area contributed by atoms with Crippen LogP contribution in [-0.2, 0) is 11.2 Å². The number of ketones is 1. The van der Waals surface area contributed by atoms with E-state index in [2.05, 4.69) is 20.4 Å². The topological polar surface area (TPSA) is 52.3 Å². The van der Waals surface area contributed by atoms with Crippen molar-refractivity contribution < 1.29 is 13.9 Å². The van der Waals surface area contributed by atoms with Gasteiger partial charge in [-0.2, -0.15) is 0 Å². The van der Waals surface area contributed by atoms with Gasteiger partial charge in [-0.3, -0.25) is 4.79 Å². The number of ether oxygens (including phenoxy) is 1. The first kappa shape index (κ1) is 26.1. The molecule has 0 radical (unpaired) electrons. The molecule has 0 saturated carbocycles. The maximum atomic E-state index is 11.8. The summed E-state index contributed by atoms with van der Waals surface area (Å²) in [6.45, 7) is 15.5. The summed E-state index contributed by atoms with van der Waals surface area (Å²) in [6.07, 6.45) is 1.41. The van der Waals surface area contributed by atoms with Gasteiger partial charge in [0.2, 0.25) is 5.89 Å². The second-order valence-corrected chi connectivity index (χ2v) is 10.2. The molecule has 34 heavy (non-hydrogen) atoms. The molecular weight excluding hydrogens is 469 g/mol. The van der Waals surface area contributed by atoms with Gasteiger partial charge in [-0.15, -0.1) is 0 Å². The van der Waals surface area contributed by atoms with Crippen molar-refractivity contribution in [2.45, 2.75) is 65.9 Å². The van der Waals surface area contributed by atoms with Crippen molar-refractivity contribution in [3.05, 3.63) is 75.6 Å². The highest BCUT2D eigenvalue weighted by Gasteiger charge is 2.26. The average Bonchev–Trinajstić information content (AvgIpc) is 3.17. The molecule has 3 rings (SSSR count). The van der Waals surface area contributed by atoms with Gasteiger partial charge in [0.05, 0.1) is 16.3 Å². The van der Waals surface area contributed by atoms with Crippen molar-refractivity contribution in [3.8, 4) is 17.2 Å². The van der Waals surface area contributed by atoms with E-state index in [1.807, 2.05) is 31.2 Å². The largest absolute Gasteiger partial charge is 0.480 e. The Labute approximate surface area is 211 Å². The third kappa shape index (κ3) is 5.92. The predicted molar refractivity (Wildman–Crippen MR) is 140 cm³/mol. The molecule has 0 N–H and O–H groups in total. The fourth-order valence-electron chi connectivity index (χ4n) is 3.52. The minimum atomic E-state index is -0.867. The summed E-state index contributed by atoms with van der Waals surface area (Å²) >= 11 is 12.4. The molecule has 0 saturated heterocycles. The van der Waals surface area contributed by atoms with E-state index in [0.717, 1.165) is 40.1 Å². The number of rotatable bonds is 9. The van der Waals surface area contributed by atoms with Gasteiger partial charge in [0.25, 0.3) is 0 Å². The molecule has 0 fully saturated rings. The molecule has 0 aliphatic heterocycles. The van der Waals surface area contributed by atoms with Crippen LogP contribution in [0.4, 0.5) is 0 Å². The van der Waals surface area contributed by atoms with Crippen LogP contribution in [-0.4, -0.2) is 16.4 Å². The lowest BCUT2D eigenvalue weighted by Crippen LogP contribution is -2.36. The number of nitrogens with zero attached hydrogens (tertiary/aromatic N) is 1. The Hall–Kier alpha value is -2.56. The van der Waals surface area contributed by atoms with E-state index >= 15 is 0 Å². The molecule has 4 nitrogen and oxygen atoms in total. The Kier molecular flexibility index (Phi) is 7.95. The first-order valence-corrected chi connectivity index (χ1v) is 12.1. The van der Waals surface area contributed by atoms with Crippen LogP contribution in [0.15, 0.2) is 47.4 Å². The second kappa shape index (κ2) is 10.4. The maximum absolute atomic E-state index is 11.8. The molecular formula is C28H31Cl2NO3. The summed E-state index contributed by atoms with van der Waals surface area (Å²) in [5, 5.41) is 1.07. The number of oxazole rings is 1. The zero-order valence-electron chi connectivity index (χ0n) is 20.6. The van der Waals surface area contributed by atoms with Crippen LogP contribution in [0, 0.1) is 6.92 Å². The molecule has 0 aliphatic rings. The van der Waals surface area contributed by atoms with Crippen molar-refractivity contribution >= 4 is 34.6 Å². The Morgan fingerprint density at radius 1 is 1.18 bits per heavy atom. The number of benzene rings is 2. The van der Waals surface area contributed by atoms with E-state index in [9.17, 15) is 4.79 Å². The summed E-state index contributed by atoms with van der Waals surface area (Å²) in [5.74, 6) is 2.20. The number of aromatic nitrogens is 1. The van der Waals surface area contributed by atoms with Crippen LogP contribution in [0.5, 0.6) is 5.75 Å². The molecule has 0 amide bonds. The minimum absolute atomic E-state index is 0.0202. The van der Waals surface area contributed by atoms with Crippen molar-refractivity contribution in [2.75, 3.05) is 0 Å². The van der Waals surface area contributed by atoms with Gasteiger partial charge >= 0.3 is 0 Å². The highest BCUT2D eigenvalue weighted by Crippen LogP contribution is 2.34. The highest BCUT2D eigenvalue weighted by atomic mass is 35.5. The monoisotopic (exact) mass is 499 g/mol. The molecule has 180 valence electrons. The SMILES string of the molecule is C=C(CCc1nc(-c2ccc(Cl)cc2Cl)oc1C(C)C)c1ccc(OC(C)(C)C(C)=O)c(C)c1. The van der Waals surface area contributed by atoms with Gasteiger partial charge in [-0.25, -0.2) is 4.98 Å². The number of halogens is 2.